The Morgan fingerprint density at radius 2 is 1.66 bits per heavy atom. The molecule has 0 bridgehead atoms. The highest BCUT2D eigenvalue weighted by molar-refractivity contribution is 7.80. The van der Waals surface area contributed by atoms with E-state index in [2.05, 4.69) is 46.9 Å². The highest BCUT2D eigenvalue weighted by Gasteiger charge is 2.43. The molecule has 6 heteroatoms. The first-order valence-corrected chi connectivity index (χ1v) is 11.0. The smallest absolute Gasteiger partial charge is 0.174 e. The largest absolute Gasteiger partial charge is 0.351 e. The van der Waals surface area contributed by atoms with Gasteiger partial charge in [0, 0.05) is 23.3 Å². The van der Waals surface area contributed by atoms with Gasteiger partial charge in [0.15, 0.2) is 5.11 Å². The molecule has 32 heavy (non-hydrogen) atoms. The molecule has 1 N–H and O–H groups in total. The molecule has 1 aliphatic rings. The zero-order valence-corrected chi connectivity index (χ0v) is 18.7. The summed E-state index contributed by atoms with van der Waals surface area (Å²) in [6.45, 7) is 4.19. The van der Waals surface area contributed by atoms with E-state index in [0.29, 0.717) is 10.8 Å². The van der Waals surface area contributed by atoms with Crippen molar-refractivity contribution in [2.75, 3.05) is 4.90 Å². The van der Waals surface area contributed by atoms with Crippen LogP contribution in [-0.4, -0.2) is 14.7 Å². The molecule has 3 heterocycles. The topological polar surface area (TPSA) is 33.1 Å². The molecule has 0 saturated carbocycles. The van der Waals surface area contributed by atoms with E-state index < -0.39 is 0 Å². The highest BCUT2D eigenvalue weighted by Crippen LogP contribution is 2.44. The van der Waals surface area contributed by atoms with Crippen molar-refractivity contribution in [3.05, 3.63) is 114 Å². The summed E-state index contributed by atoms with van der Waals surface area (Å²) < 4.78 is 17.2. The van der Waals surface area contributed by atoms with Gasteiger partial charge in [0.2, 0.25) is 0 Å². The van der Waals surface area contributed by atoms with Crippen molar-refractivity contribution in [3.8, 4) is 5.69 Å². The molecule has 2 atom stereocenters. The van der Waals surface area contributed by atoms with Gasteiger partial charge in [-0.25, -0.2) is 4.39 Å². The number of benzene rings is 2. The van der Waals surface area contributed by atoms with E-state index in [1.165, 1.54) is 6.07 Å². The Bertz CT molecular complexity index is 1270. The number of pyridine rings is 1. The maximum atomic E-state index is 14.9. The molecule has 0 spiro atoms. The zero-order chi connectivity index (χ0) is 22.2. The van der Waals surface area contributed by atoms with Crippen LogP contribution in [0.1, 0.15) is 34.7 Å². The Morgan fingerprint density at radius 3 is 2.38 bits per heavy atom. The number of aryl methyl sites for hydroxylation is 1. The van der Waals surface area contributed by atoms with Gasteiger partial charge in [0.05, 0.1) is 23.5 Å². The Morgan fingerprint density at radius 1 is 0.938 bits per heavy atom. The first-order chi connectivity index (χ1) is 15.6. The third-order valence-corrected chi connectivity index (χ3v) is 6.33. The second kappa shape index (κ2) is 8.20. The molecule has 0 amide bonds. The fraction of sp³-hybridized carbons (Fsp3) is 0.154. The van der Waals surface area contributed by atoms with Crippen molar-refractivity contribution in [2.45, 2.75) is 25.9 Å². The molecule has 2 aromatic heterocycles. The van der Waals surface area contributed by atoms with E-state index in [1.807, 2.05) is 47.4 Å². The molecule has 2 aromatic carbocycles. The van der Waals surface area contributed by atoms with Gasteiger partial charge in [-0.2, -0.15) is 0 Å². The summed E-state index contributed by atoms with van der Waals surface area (Å²) in [4.78, 5) is 6.48. The molecule has 5 rings (SSSR count). The minimum Gasteiger partial charge on any atom is -0.351 e. The maximum Gasteiger partial charge on any atom is 0.174 e. The maximum absolute atomic E-state index is 14.9. The lowest BCUT2D eigenvalue weighted by Gasteiger charge is -2.28. The van der Waals surface area contributed by atoms with Crippen LogP contribution in [0.4, 0.5) is 10.1 Å². The molecule has 160 valence electrons. The first-order valence-electron chi connectivity index (χ1n) is 10.6. The number of anilines is 1. The summed E-state index contributed by atoms with van der Waals surface area (Å²) in [5.41, 5.74) is 5.69. The zero-order valence-electron chi connectivity index (χ0n) is 17.9. The van der Waals surface area contributed by atoms with Gasteiger partial charge in [-0.3, -0.25) is 4.98 Å². The van der Waals surface area contributed by atoms with Crippen molar-refractivity contribution < 1.29 is 4.39 Å². The summed E-state index contributed by atoms with van der Waals surface area (Å²) in [6.07, 6.45) is 1.77. The van der Waals surface area contributed by atoms with E-state index >= 15 is 0 Å². The Hall–Kier alpha value is -3.51. The van der Waals surface area contributed by atoms with Crippen LogP contribution >= 0.6 is 12.2 Å². The van der Waals surface area contributed by atoms with Crippen LogP contribution in [0.25, 0.3) is 5.69 Å². The number of thiocarbonyl (C=S) groups is 1. The second-order valence-electron chi connectivity index (χ2n) is 7.95. The molecule has 4 aromatic rings. The number of hydrogen-bond acceptors (Lipinski definition) is 2. The number of aromatic nitrogens is 2. The third kappa shape index (κ3) is 3.37. The average Bonchev–Trinajstić information content (AvgIpc) is 3.30. The fourth-order valence-corrected chi connectivity index (χ4v) is 4.98. The summed E-state index contributed by atoms with van der Waals surface area (Å²) in [5, 5.41) is 3.90. The molecule has 1 saturated heterocycles. The lowest BCUT2D eigenvalue weighted by molar-refractivity contribution is 0.556. The number of nitrogens with one attached hydrogen (secondary N) is 1. The molecular weight excluding hydrogens is 419 g/mol. The van der Waals surface area contributed by atoms with Gasteiger partial charge < -0.3 is 14.8 Å². The predicted molar refractivity (Wildman–Crippen MR) is 130 cm³/mol. The molecule has 1 fully saturated rings. The van der Waals surface area contributed by atoms with Gasteiger partial charge in [-0.05, 0) is 74.1 Å². The SMILES string of the molecule is Cc1cc([C@H]2[C@H](c3ccccn3)NC(=S)N2c2ccccc2F)c(C)n1-c1ccccc1. The Labute approximate surface area is 192 Å². The van der Waals surface area contributed by atoms with Gasteiger partial charge in [0.25, 0.3) is 0 Å². The van der Waals surface area contributed by atoms with E-state index in [0.717, 1.165) is 28.3 Å². The first kappa shape index (κ1) is 20.4. The van der Waals surface area contributed by atoms with Gasteiger partial charge in [-0.1, -0.05) is 36.4 Å². The quantitative estimate of drug-likeness (QED) is 0.405. The fourth-order valence-electron chi connectivity index (χ4n) is 4.64. The lowest BCUT2D eigenvalue weighted by atomic mass is 9.96. The predicted octanol–water partition coefficient (Wildman–Crippen LogP) is 5.81. The van der Waals surface area contributed by atoms with E-state index in [1.54, 1.807) is 18.3 Å². The molecular formula is C26H23FN4S. The van der Waals surface area contributed by atoms with Crippen LogP contribution in [0, 0.1) is 19.7 Å². The van der Waals surface area contributed by atoms with Gasteiger partial charge in [0.1, 0.15) is 5.82 Å². The Balaban J connectivity index is 1.70. The molecule has 4 nitrogen and oxygen atoms in total. The Kier molecular flexibility index (Phi) is 5.23. The van der Waals surface area contributed by atoms with E-state index in [9.17, 15) is 4.39 Å². The summed E-state index contributed by atoms with van der Waals surface area (Å²) in [7, 11) is 0. The van der Waals surface area contributed by atoms with Gasteiger partial charge >= 0.3 is 0 Å². The molecule has 0 unspecified atom stereocenters. The van der Waals surface area contributed by atoms with Gasteiger partial charge in [-0.15, -0.1) is 0 Å². The van der Waals surface area contributed by atoms with Crippen molar-refractivity contribution in [1.29, 1.82) is 0 Å². The van der Waals surface area contributed by atoms with E-state index in [-0.39, 0.29) is 17.9 Å². The average molecular weight is 443 g/mol. The molecule has 0 radical (unpaired) electrons. The number of para-hydroxylation sites is 2. The summed E-state index contributed by atoms with van der Waals surface area (Å²) >= 11 is 5.73. The summed E-state index contributed by atoms with van der Waals surface area (Å²) in [6, 6.07) is 24.6. The van der Waals surface area contributed by atoms with Crippen molar-refractivity contribution in [1.82, 2.24) is 14.9 Å². The van der Waals surface area contributed by atoms with Crippen molar-refractivity contribution >= 4 is 23.0 Å². The molecule has 0 aliphatic carbocycles. The van der Waals surface area contributed by atoms with Crippen LogP contribution in [0.2, 0.25) is 0 Å². The number of nitrogens with zero attached hydrogens (tertiary/aromatic N) is 3. The second-order valence-corrected chi connectivity index (χ2v) is 8.33. The van der Waals surface area contributed by atoms with Crippen LogP contribution in [0.3, 0.4) is 0 Å². The number of hydrogen-bond donors (Lipinski definition) is 1. The minimum absolute atomic E-state index is 0.215. The standard InChI is InChI=1S/C26H23FN4S/c1-17-16-20(18(2)30(17)19-10-4-3-5-11-19)25-24(22-13-8-9-15-28-22)29-26(32)31(25)23-14-7-6-12-21(23)27/h3-16,24-25H,1-2H3,(H,29,32)/t24-,25-/m0/s1. The van der Waals surface area contributed by atoms with Crippen molar-refractivity contribution in [2.24, 2.45) is 0 Å². The van der Waals surface area contributed by atoms with Crippen LogP contribution < -0.4 is 10.2 Å². The third-order valence-electron chi connectivity index (χ3n) is 6.01. The van der Waals surface area contributed by atoms with Crippen LogP contribution in [0.5, 0.6) is 0 Å². The minimum atomic E-state index is -0.305. The van der Waals surface area contributed by atoms with Crippen molar-refractivity contribution in [3.63, 3.8) is 0 Å². The lowest BCUT2D eigenvalue weighted by Crippen LogP contribution is -2.30. The number of rotatable bonds is 4. The highest BCUT2D eigenvalue weighted by atomic mass is 32.1. The van der Waals surface area contributed by atoms with E-state index in [4.69, 9.17) is 12.2 Å². The molecule has 1 aliphatic heterocycles. The normalized spacial score (nSPS) is 18.1. The number of halogens is 1. The van der Waals surface area contributed by atoms with Crippen LogP contribution in [0.15, 0.2) is 85.1 Å². The monoisotopic (exact) mass is 442 g/mol. The van der Waals surface area contributed by atoms with Crippen LogP contribution in [-0.2, 0) is 0 Å². The summed E-state index contributed by atoms with van der Waals surface area (Å²) in [5.74, 6) is -0.305.